The molecular weight excluding hydrogens is 527 g/mol. The van der Waals surface area contributed by atoms with Gasteiger partial charge in [-0.05, 0) is 6.08 Å². The zero-order valence-corrected chi connectivity index (χ0v) is 22.1. The Balaban J connectivity index is 1.65. The maximum atomic E-state index is 13.5. The first-order chi connectivity index (χ1) is 17.7. The Morgan fingerprint density at radius 3 is 2.35 bits per heavy atom. The van der Waals surface area contributed by atoms with Crippen molar-refractivity contribution in [1.29, 1.82) is 0 Å². The highest BCUT2D eigenvalue weighted by atomic mass is 35.5. The molecule has 37 heavy (non-hydrogen) atoms. The number of ether oxygens (including phenoxy) is 4. The molecule has 2 aliphatic rings. The molecule has 0 bridgehead atoms. The molecule has 0 spiro atoms. The van der Waals surface area contributed by atoms with Crippen molar-refractivity contribution in [1.82, 2.24) is 15.3 Å². The maximum Gasteiger partial charge on any atom is 0.330 e. The normalized spacial score (nSPS) is 18.8. The van der Waals surface area contributed by atoms with Gasteiger partial charge in [-0.1, -0.05) is 29.8 Å². The van der Waals surface area contributed by atoms with Gasteiger partial charge in [0.15, 0.2) is 11.5 Å². The average Bonchev–Trinajstić information content (AvgIpc) is 3.32. The van der Waals surface area contributed by atoms with Gasteiger partial charge in [0.05, 0.1) is 58.9 Å². The van der Waals surface area contributed by atoms with Crippen LogP contribution < -0.4 is 34.6 Å². The number of hydrogen-bond donors (Lipinski definition) is 2. The maximum absolute atomic E-state index is 13.5. The van der Waals surface area contributed by atoms with Gasteiger partial charge in [-0.15, -0.1) is 0 Å². The second kappa shape index (κ2) is 10.9. The number of aromatic nitrogens is 2. The molecule has 2 aliphatic heterocycles. The van der Waals surface area contributed by atoms with Crippen LogP contribution in [-0.2, 0) is 16.1 Å². The Kier molecular flexibility index (Phi) is 7.81. The number of nitrogens with zero attached hydrogens (tertiary/aromatic N) is 4. The zero-order valence-electron chi connectivity index (χ0n) is 20.6. The van der Waals surface area contributed by atoms with E-state index in [0.29, 0.717) is 24.6 Å². The first kappa shape index (κ1) is 26.6. The predicted octanol–water partition coefficient (Wildman–Crippen LogP) is 2.87. The number of nitrogens with one attached hydrogen (secondary N) is 2. The highest BCUT2D eigenvalue weighted by Crippen LogP contribution is 2.54. The minimum Gasteiger partial charge on any atom is -0.491 e. The van der Waals surface area contributed by atoms with E-state index in [9.17, 15) is 9.59 Å². The van der Waals surface area contributed by atoms with Gasteiger partial charge < -0.3 is 29.6 Å². The summed E-state index contributed by atoms with van der Waals surface area (Å²) in [6.45, 7) is 4.24. The molecule has 1 fully saturated rings. The molecule has 2 atom stereocenters. The number of fused-ring (bicyclic) bond motifs is 1. The number of urea groups is 1. The van der Waals surface area contributed by atoms with E-state index >= 15 is 0 Å². The molecule has 198 valence electrons. The first-order valence-corrected chi connectivity index (χ1v) is 11.9. The van der Waals surface area contributed by atoms with E-state index in [1.54, 1.807) is 13.2 Å². The lowest BCUT2D eigenvalue weighted by atomic mass is 10.1. The van der Waals surface area contributed by atoms with Crippen LogP contribution in [0.25, 0.3) is 0 Å². The fourth-order valence-electron chi connectivity index (χ4n) is 4.20. The number of carbonyl (C=O) groups excluding carboxylic acids is 2. The standard InChI is InChI=1S/C23H26Cl2N6O6/c1-6-14(32)27-12-9-37-10-13(12)28-22-26-7-11-8-31(23(33)30(2)21(11)29-22)17-15(24)18(34-3)20(36-5)19(35-4)16(17)25/h6-7,12-13H,1,8-10H2,2-5H3,(H,27,32)(H,26,28,29). The summed E-state index contributed by atoms with van der Waals surface area (Å²) >= 11 is 13.3. The molecule has 0 saturated carbocycles. The fraction of sp³-hybridized carbons (Fsp3) is 0.391. The molecule has 2 aromatic rings. The molecule has 0 aliphatic carbocycles. The number of amides is 3. The van der Waals surface area contributed by atoms with Gasteiger partial charge in [0.25, 0.3) is 0 Å². The molecule has 4 rings (SSSR count). The largest absolute Gasteiger partial charge is 0.491 e. The molecular formula is C23H26Cl2N6O6. The monoisotopic (exact) mass is 552 g/mol. The van der Waals surface area contributed by atoms with Crippen molar-refractivity contribution >= 4 is 52.6 Å². The van der Waals surface area contributed by atoms with Gasteiger partial charge in [-0.25, -0.2) is 9.78 Å². The lowest BCUT2D eigenvalue weighted by Gasteiger charge is -2.35. The van der Waals surface area contributed by atoms with Crippen molar-refractivity contribution in [2.24, 2.45) is 0 Å². The smallest absolute Gasteiger partial charge is 0.330 e. The molecule has 0 radical (unpaired) electrons. The molecule has 1 saturated heterocycles. The van der Waals surface area contributed by atoms with Crippen LogP contribution in [0.15, 0.2) is 18.9 Å². The summed E-state index contributed by atoms with van der Waals surface area (Å²) in [4.78, 5) is 36.9. The van der Waals surface area contributed by atoms with E-state index in [2.05, 4.69) is 27.2 Å². The Morgan fingerprint density at radius 1 is 1.14 bits per heavy atom. The second-order valence-corrected chi connectivity index (χ2v) is 8.91. The van der Waals surface area contributed by atoms with Crippen LogP contribution in [0.2, 0.25) is 10.0 Å². The summed E-state index contributed by atoms with van der Waals surface area (Å²) in [5.41, 5.74) is 0.846. The van der Waals surface area contributed by atoms with Crippen LogP contribution in [0, 0.1) is 0 Å². The number of anilines is 3. The third-order valence-electron chi connectivity index (χ3n) is 6.02. The van der Waals surface area contributed by atoms with Crippen LogP contribution in [0.5, 0.6) is 17.2 Å². The SMILES string of the molecule is C=CC(=O)NC1COCC1Nc1ncc2c(n1)N(C)C(=O)N(c1c(Cl)c(OC)c(OC)c(OC)c1Cl)C2. The van der Waals surface area contributed by atoms with Gasteiger partial charge in [0.2, 0.25) is 17.6 Å². The van der Waals surface area contributed by atoms with E-state index in [1.807, 2.05) is 0 Å². The highest BCUT2D eigenvalue weighted by Gasteiger charge is 2.37. The van der Waals surface area contributed by atoms with Crippen LogP contribution >= 0.6 is 23.2 Å². The van der Waals surface area contributed by atoms with Crippen LogP contribution in [0.3, 0.4) is 0 Å². The van der Waals surface area contributed by atoms with Gasteiger partial charge >= 0.3 is 6.03 Å². The van der Waals surface area contributed by atoms with E-state index in [4.69, 9.17) is 42.1 Å². The summed E-state index contributed by atoms with van der Waals surface area (Å²) in [5.74, 6) is 0.944. The highest BCUT2D eigenvalue weighted by molar-refractivity contribution is 6.42. The number of benzene rings is 1. The Hall–Kier alpha value is -3.48. The van der Waals surface area contributed by atoms with E-state index in [1.165, 1.54) is 37.2 Å². The molecule has 3 amide bonds. The van der Waals surface area contributed by atoms with E-state index in [0.717, 1.165) is 0 Å². The zero-order chi connectivity index (χ0) is 26.9. The number of methoxy groups -OCH3 is 3. The van der Waals surface area contributed by atoms with Crippen molar-refractivity contribution < 1.29 is 28.5 Å². The second-order valence-electron chi connectivity index (χ2n) is 8.15. The van der Waals surface area contributed by atoms with Crippen molar-refractivity contribution in [3.8, 4) is 17.2 Å². The Labute approximate surface area is 223 Å². The number of hydrogen-bond acceptors (Lipinski definition) is 9. The quantitative estimate of drug-likeness (QED) is 0.475. The Morgan fingerprint density at radius 2 is 1.76 bits per heavy atom. The summed E-state index contributed by atoms with van der Waals surface area (Å²) in [5, 5.41) is 6.16. The van der Waals surface area contributed by atoms with Gasteiger partial charge in [-0.2, -0.15) is 4.98 Å². The fourth-order valence-corrected chi connectivity index (χ4v) is 4.97. The summed E-state index contributed by atoms with van der Waals surface area (Å²) < 4.78 is 21.7. The van der Waals surface area contributed by atoms with Crippen LogP contribution in [0.1, 0.15) is 5.56 Å². The number of halogens is 2. The van der Waals surface area contributed by atoms with Gasteiger partial charge in [-0.3, -0.25) is 14.6 Å². The minimum atomic E-state index is -0.435. The van der Waals surface area contributed by atoms with Crippen molar-refractivity contribution in [2.75, 3.05) is 56.7 Å². The predicted molar refractivity (Wildman–Crippen MR) is 138 cm³/mol. The molecule has 12 nitrogen and oxygen atoms in total. The van der Waals surface area contributed by atoms with Crippen LogP contribution in [-0.4, -0.2) is 75.6 Å². The van der Waals surface area contributed by atoms with Crippen molar-refractivity contribution in [2.45, 2.75) is 18.6 Å². The third kappa shape index (κ3) is 4.79. The van der Waals surface area contributed by atoms with Gasteiger partial charge in [0.1, 0.15) is 15.9 Å². The molecule has 2 N–H and O–H groups in total. The molecule has 1 aromatic heterocycles. The summed E-state index contributed by atoms with van der Waals surface area (Å²) in [6.07, 6.45) is 2.80. The summed E-state index contributed by atoms with van der Waals surface area (Å²) in [7, 11) is 5.85. The van der Waals surface area contributed by atoms with Gasteiger partial charge in [0, 0.05) is 18.8 Å². The lowest BCUT2D eigenvalue weighted by Crippen LogP contribution is -2.47. The minimum absolute atomic E-state index is 0.0847. The Bertz CT molecular complexity index is 1210. The van der Waals surface area contributed by atoms with Crippen LogP contribution in [0.4, 0.5) is 22.2 Å². The topological polar surface area (TPSA) is 127 Å². The number of rotatable bonds is 8. The average molecular weight is 553 g/mol. The number of carbonyl (C=O) groups is 2. The van der Waals surface area contributed by atoms with Crippen molar-refractivity contribution in [3.63, 3.8) is 0 Å². The third-order valence-corrected chi connectivity index (χ3v) is 6.72. The summed E-state index contributed by atoms with van der Waals surface area (Å²) in [6, 6.07) is -0.986. The molecule has 3 heterocycles. The first-order valence-electron chi connectivity index (χ1n) is 11.1. The molecule has 2 unspecified atom stereocenters. The van der Waals surface area contributed by atoms with Crippen molar-refractivity contribution in [3.05, 3.63) is 34.5 Å². The van der Waals surface area contributed by atoms with E-state index in [-0.39, 0.29) is 63.5 Å². The molecule has 14 heteroatoms. The van der Waals surface area contributed by atoms with E-state index < -0.39 is 6.03 Å². The lowest BCUT2D eigenvalue weighted by molar-refractivity contribution is -0.117. The molecule has 1 aromatic carbocycles.